The van der Waals surface area contributed by atoms with Crippen molar-refractivity contribution in [3.8, 4) is 0 Å². The van der Waals surface area contributed by atoms with E-state index in [0.29, 0.717) is 12.8 Å². The van der Waals surface area contributed by atoms with Crippen molar-refractivity contribution in [1.29, 1.82) is 0 Å². The van der Waals surface area contributed by atoms with Crippen LogP contribution in [0.2, 0.25) is 0 Å². The van der Waals surface area contributed by atoms with Crippen molar-refractivity contribution in [2.75, 3.05) is 7.11 Å². The van der Waals surface area contributed by atoms with Crippen LogP contribution in [0.25, 0.3) is 0 Å². The highest BCUT2D eigenvalue weighted by Gasteiger charge is 2.39. The first-order valence-electron chi connectivity index (χ1n) is 9.28. The average Bonchev–Trinajstić information content (AvgIpc) is 2.82. The summed E-state index contributed by atoms with van der Waals surface area (Å²) >= 11 is 0. The first kappa shape index (κ1) is 21.1. The molecule has 0 spiro atoms. The van der Waals surface area contributed by atoms with Gasteiger partial charge in [-0.1, -0.05) is 44.8 Å². The zero-order valence-electron chi connectivity index (χ0n) is 15.1. The Morgan fingerprint density at radius 1 is 1.21 bits per heavy atom. The topological polar surface area (TPSA) is 87.0 Å². The van der Waals surface area contributed by atoms with E-state index < -0.39 is 18.3 Å². The lowest BCUT2D eigenvalue weighted by molar-refractivity contribution is -0.140. The van der Waals surface area contributed by atoms with E-state index in [9.17, 15) is 20.1 Å². The fraction of sp³-hybridized carbons (Fsp3) is 0.842. The summed E-state index contributed by atoms with van der Waals surface area (Å²) in [4.78, 5) is 11.1. The fourth-order valence-corrected chi connectivity index (χ4v) is 3.48. The van der Waals surface area contributed by atoms with E-state index in [4.69, 9.17) is 0 Å². The van der Waals surface area contributed by atoms with Crippen LogP contribution in [0.15, 0.2) is 12.2 Å². The maximum atomic E-state index is 11.1. The Morgan fingerprint density at radius 3 is 2.62 bits per heavy atom. The van der Waals surface area contributed by atoms with Gasteiger partial charge >= 0.3 is 5.97 Å². The van der Waals surface area contributed by atoms with Gasteiger partial charge in [0.1, 0.15) is 0 Å². The van der Waals surface area contributed by atoms with Crippen LogP contribution in [-0.4, -0.2) is 46.7 Å². The molecule has 24 heavy (non-hydrogen) atoms. The SMILES string of the molecule is CCCCC[C@@H](O)/C=C/[C@H]1[C@@H](CCCCC(=O)OC)[C@H](O)C[C@@H]1O. The second kappa shape index (κ2) is 11.6. The van der Waals surface area contributed by atoms with Gasteiger partial charge in [0.05, 0.1) is 25.4 Å². The molecule has 1 aliphatic rings. The number of hydrogen-bond donors (Lipinski definition) is 3. The Hall–Kier alpha value is -0.910. The van der Waals surface area contributed by atoms with Gasteiger partial charge in [-0.2, -0.15) is 0 Å². The lowest BCUT2D eigenvalue weighted by Crippen LogP contribution is -2.21. The van der Waals surface area contributed by atoms with Crippen LogP contribution in [0.1, 0.15) is 64.7 Å². The van der Waals surface area contributed by atoms with E-state index in [2.05, 4.69) is 11.7 Å². The average molecular weight is 342 g/mol. The number of carbonyl (C=O) groups excluding carboxylic acids is 1. The molecular weight excluding hydrogens is 308 g/mol. The second-order valence-electron chi connectivity index (χ2n) is 6.88. The summed E-state index contributed by atoms with van der Waals surface area (Å²) in [7, 11) is 1.38. The molecule has 140 valence electrons. The number of rotatable bonds is 11. The minimum atomic E-state index is -0.565. The number of aliphatic hydroxyl groups excluding tert-OH is 3. The van der Waals surface area contributed by atoms with Crippen molar-refractivity contribution >= 4 is 5.97 Å². The predicted octanol–water partition coefficient (Wildman–Crippen LogP) is 2.58. The predicted molar refractivity (Wildman–Crippen MR) is 93.4 cm³/mol. The molecule has 0 aromatic carbocycles. The summed E-state index contributed by atoms with van der Waals surface area (Å²) < 4.78 is 4.62. The van der Waals surface area contributed by atoms with Gasteiger partial charge in [0.2, 0.25) is 0 Å². The number of methoxy groups -OCH3 is 1. The number of unbranched alkanes of at least 4 members (excludes halogenated alkanes) is 3. The van der Waals surface area contributed by atoms with Crippen LogP contribution in [-0.2, 0) is 9.53 Å². The van der Waals surface area contributed by atoms with Crippen molar-refractivity contribution in [1.82, 2.24) is 0 Å². The zero-order valence-corrected chi connectivity index (χ0v) is 15.1. The van der Waals surface area contributed by atoms with Gasteiger partial charge in [-0.25, -0.2) is 0 Å². The number of esters is 1. The van der Waals surface area contributed by atoms with Crippen molar-refractivity contribution < 1.29 is 24.9 Å². The molecule has 5 atom stereocenters. The van der Waals surface area contributed by atoms with Gasteiger partial charge < -0.3 is 20.1 Å². The summed E-state index contributed by atoms with van der Waals surface area (Å²) in [5, 5.41) is 30.3. The van der Waals surface area contributed by atoms with Gasteiger partial charge in [-0.05, 0) is 25.2 Å². The Kier molecular flexibility index (Phi) is 10.2. The van der Waals surface area contributed by atoms with Crippen molar-refractivity contribution in [3.05, 3.63) is 12.2 Å². The molecule has 3 N–H and O–H groups in total. The van der Waals surface area contributed by atoms with Crippen LogP contribution in [0.5, 0.6) is 0 Å². The Morgan fingerprint density at radius 2 is 1.96 bits per heavy atom. The number of aliphatic hydroxyl groups is 3. The molecule has 0 aliphatic heterocycles. The minimum Gasteiger partial charge on any atom is -0.469 e. The van der Waals surface area contributed by atoms with Gasteiger partial charge in [0, 0.05) is 18.8 Å². The monoisotopic (exact) mass is 342 g/mol. The van der Waals surface area contributed by atoms with Crippen LogP contribution >= 0.6 is 0 Å². The van der Waals surface area contributed by atoms with Crippen LogP contribution in [0, 0.1) is 11.8 Å². The third kappa shape index (κ3) is 7.32. The molecule has 0 aromatic rings. The highest BCUT2D eigenvalue weighted by molar-refractivity contribution is 5.68. The standard InChI is InChI=1S/C19H34O5/c1-3-4-5-8-14(20)11-12-16-15(17(21)13-18(16)22)9-6-7-10-19(23)24-2/h11-12,14-18,20-22H,3-10,13H2,1-2H3/b12-11+/t14-,15-,16+,17-,18+/m1/s1. The van der Waals surface area contributed by atoms with Gasteiger partial charge in [-0.3, -0.25) is 4.79 Å². The van der Waals surface area contributed by atoms with Crippen molar-refractivity contribution in [3.63, 3.8) is 0 Å². The first-order chi connectivity index (χ1) is 11.5. The highest BCUT2D eigenvalue weighted by atomic mass is 16.5. The third-order valence-corrected chi connectivity index (χ3v) is 4.97. The molecule has 0 saturated heterocycles. The summed E-state index contributed by atoms with van der Waals surface area (Å²) in [6.07, 6.45) is 9.10. The molecule has 0 amide bonds. The van der Waals surface area contributed by atoms with Crippen molar-refractivity contribution in [2.24, 2.45) is 11.8 Å². The van der Waals surface area contributed by atoms with Crippen LogP contribution in [0.3, 0.4) is 0 Å². The first-order valence-corrected chi connectivity index (χ1v) is 9.28. The number of carbonyl (C=O) groups is 1. The smallest absolute Gasteiger partial charge is 0.305 e. The van der Waals surface area contributed by atoms with E-state index in [0.717, 1.165) is 44.9 Å². The molecule has 5 nitrogen and oxygen atoms in total. The van der Waals surface area contributed by atoms with Gasteiger partial charge in [0.25, 0.3) is 0 Å². The maximum Gasteiger partial charge on any atom is 0.305 e. The third-order valence-electron chi connectivity index (χ3n) is 4.97. The molecule has 5 heteroatoms. The Bertz CT molecular complexity index is 382. The minimum absolute atomic E-state index is 0.0169. The molecule has 0 unspecified atom stereocenters. The molecule has 1 aliphatic carbocycles. The quantitative estimate of drug-likeness (QED) is 0.305. The largest absolute Gasteiger partial charge is 0.469 e. The molecular formula is C19H34O5. The summed E-state index contributed by atoms with van der Waals surface area (Å²) in [6, 6.07) is 0. The summed E-state index contributed by atoms with van der Waals surface area (Å²) in [5.74, 6) is -0.357. The Labute approximate surface area is 145 Å². The van der Waals surface area contributed by atoms with E-state index in [1.54, 1.807) is 6.08 Å². The molecule has 1 saturated carbocycles. The van der Waals surface area contributed by atoms with Crippen LogP contribution in [0.4, 0.5) is 0 Å². The van der Waals surface area contributed by atoms with Crippen molar-refractivity contribution in [2.45, 2.75) is 83.0 Å². The van der Waals surface area contributed by atoms with Crippen LogP contribution < -0.4 is 0 Å². The van der Waals surface area contributed by atoms with E-state index in [-0.39, 0.29) is 17.8 Å². The van der Waals surface area contributed by atoms with E-state index in [1.165, 1.54) is 7.11 Å². The number of hydrogen-bond acceptors (Lipinski definition) is 5. The lowest BCUT2D eigenvalue weighted by Gasteiger charge is -2.21. The molecule has 0 aromatic heterocycles. The molecule has 1 fully saturated rings. The normalized spacial score (nSPS) is 28.4. The molecule has 0 radical (unpaired) electrons. The molecule has 0 heterocycles. The maximum absolute atomic E-state index is 11.1. The molecule has 1 rings (SSSR count). The summed E-state index contributed by atoms with van der Waals surface area (Å²) in [6.45, 7) is 2.13. The lowest BCUT2D eigenvalue weighted by atomic mass is 9.88. The fourth-order valence-electron chi connectivity index (χ4n) is 3.48. The summed E-state index contributed by atoms with van der Waals surface area (Å²) in [5.41, 5.74) is 0. The van der Waals surface area contributed by atoms with E-state index in [1.807, 2.05) is 6.08 Å². The Balaban J connectivity index is 2.45. The number of ether oxygens (including phenoxy) is 1. The molecule has 0 bridgehead atoms. The van der Waals surface area contributed by atoms with E-state index >= 15 is 0 Å². The second-order valence-corrected chi connectivity index (χ2v) is 6.88. The van der Waals surface area contributed by atoms with Gasteiger partial charge in [-0.15, -0.1) is 0 Å². The zero-order chi connectivity index (χ0) is 17.9. The highest BCUT2D eigenvalue weighted by Crippen LogP contribution is 2.37. The van der Waals surface area contributed by atoms with Gasteiger partial charge in [0.15, 0.2) is 0 Å².